The second-order valence-electron chi connectivity index (χ2n) is 8.69. The molecule has 0 aliphatic heterocycles. The van der Waals surface area contributed by atoms with Gasteiger partial charge >= 0.3 is 18.0 Å². The van der Waals surface area contributed by atoms with Crippen molar-refractivity contribution in [1.82, 2.24) is 4.90 Å². The Morgan fingerprint density at radius 2 is 1.14 bits per heavy atom. The first-order valence-electron chi connectivity index (χ1n) is 13.1. The molecule has 0 unspecified atom stereocenters. The molecule has 0 saturated heterocycles. The summed E-state index contributed by atoms with van der Waals surface area (Å²) in [6.07, 6.45) is 0.691. The highest BCUT2D eigenvalue weighted by molar-refractivity contribution is 5.95. The Balaban J connectivity index is 2.23. The molecule has 0 heterocycles. The molecule has 240 valence electrons. The average Bonchev–Trinajstić information content (AvgIpc) is 3.02. The van der Waals surface area contributed by atoms with Crippen molar-refractivity contribution in [2.45, 2.75) is 19.8 Å². The lowest BCUT2D eigenvalue weighted by Crippen LogP contribution is -2.38. The van der Waals surface area contributed by atoms with Gasteiger partial charge in [0.15, 0.2) is 23.0 Å². The summed E-state index contributed by atoms with van der Waals surface area (Å²) in [6, 6.07) is 4.24. The molecule has 0 N–H and O–H groups in total. The summed E-state index contributed by atoms with van der Waals surface area (Å²) < 4.78 is 36.3. The number of nitrogens with zero attached hydrogens (tertiary/aromatic N) is 3. The summed E-state index contributed by atoms with van der Waals surface area (Å²) in [5, 5.41) is 23.1. The number of ether oxygens (including phenoxy) is 7. The molecule has 17 heteroatoms. The van der Waals surface area contributed by atoms with Crippen LogP contribution in [0.2, 0.25) is 0 Å². The third-order valence-corrected chi connectivity index (χ3v) is 5.99. The van der Waals surface area contributed by atoms with Crippen molar-refractivity contribution in [3.05, 3.63) is 55.6 Å². The SMILES string of the molecule is CCCCOC(=O)N(CCOc1cc([N+](=O)[O-])c(C(=O)OC)cc1OC)CCOc1cc([N+](=O)[O-])c(C(=O)OC)cc1OC. The van der Waals surface area contributed by atoms with Crippen LogP contribution in [-0.2, 0) is 14.2 Å². The van der Waals surface area contributed by atoms with E-state index in [0.717, 1.165) is 44.9 Å². The van der Waals surface area contributed by atoms with E-state index in [-0.39, 0.29) is 67.0 Å². The van der Waals surface area contributed by atoms with Crippen LogP contribution in [0.5, 0.6) is 23.0 Å². The first-order chi connectivity index (χ1) is 21.0. The average molecular weight is 624 g/mol. The van der Waals surface area contributed by atoms with Crippen LogP contribution in [0, 0.1) is 20.2 Å². The van der Waals surface area contributed by atoms with E-state index >= 15 is 0 Å². The zero-order chi connectivity index (χ0) is 32.8. The van der Waals surface area contributed by atoms with Gasteiger partial charge in [-0.25, -0.2) is 14.4 Å². The molecule has 1 amide bonds. The molecule has 0 saturated carbocycles. The van der Waals surface area contributed by atoms with E-state index in [0.29, 0.717) is 6.42 Å². The number of hydrogen-bond acceptors (Lipinski definition) is 14. The van der Waals surface area contributed by atoms with Crippen LogP contribution < -0.4 is 18.9 Å². The van der Waals surface area contributed by atoms with Crippen LogP contribution in [0.1, 0.15) is 40.5 Å². The maximum absolute atomic E-state index is 12.8. The van der Waals surface area contributed by atoms with Gasteiger partial charge in [0.05, 0.1) is 70.1 Å². The molecule has 0 bridgehead atoms. The van der Waals surface area contributed by atoms with Gasteiger partial charge in [-0.1, -0.05) is 13.3 Å². The summed E-state index contributed by atoms with van der Waals surface area (Å²) in [4.78, 5) is 59.6. The Kier molecular flexibility index (Phi) is 13.4. The summed E-state index contributed by atoms with van der Waals surface area (Å²) in [5.41, 5.74) is -1.82. The van der Waals surface area contributed by atoms with Crippen LogP contribution in [0.25, 0.3) is 0 Å². The number of amides is 1. The Labute approximate surface area is 251 Å². The van der Waals surface area contributed by atoms with E-state index in [1.165, 1.54) is 19.1 Å². The Morgan fingerprint density at radius 1 is 0.705 bits per heavy atom. The van der Waals surface area contributed by atoms with E-state index in [9.17, 15) is 34.6 Å². The van der Waals surface area contributed by atoms with Crippen molar-refractivity contribution in [2.24, 2.45) is 0 Å². The van der Waals surface area contributed by atoms with Crippen LogP contribution >= 0.6 is 0 Å². The molecule has 0 radical (unpaired) electrons. The van der Waals surface area contributed by atoms with Gasteiger partial charge in [-0.05, 0) is 6.42 Å². The largest absolute Gasteiger partial charge is 0.493 e. The highest BCUT2D eigenvalue weighted by Gasteiger charge is 2.27. The lowest BCUT2D eigenvalue weighted by molar-refractivity contribution is -0.385. The summed E-state index contributed by atoms with van der Waals surface area (Å²) in [6.45, 7) is 1.54. The van der Waals surface area contributed by atoms with Crippen molar-refractivity contribution in [3.8, 4) is 23.0 Å². The number of unbranched alkanes of at least 4 members (excludes halogenated alkanes) is 1. The number of nitro benzene ring substituents is 2. The number of hydrogen-bond donors (Lipinski definition) is 0. The molecule has 44 heavy (non-hydrogen) atoms. The van der Waals surface area contributed by atoms with E-state index < -0.39 is 39.3 Å². The predicted octanol–water partition coefficient (Wildman–Crippen LogP) is 3.79. The molecule has 0 aromatic heterocycles. The fourth-order valence-electron chi connectivity index (χ4n) is 3.71. The van der Waals surface area contributed by atoms with Crippen LogP contribution in [0.15, 0.2) is 24.3 Å². The van der Waals surface area contributed by atoms with Crippen molar-refractivity contribution >= 4 is 29.4 Å². The minimum absolute atomic E-state index is 0.0143. The minimum atomic E-state index is -0.940. The molecule has 17 nitrogen and oxygen atoms in total. The fourth-order valence-corrected chi connectivity index (χ4v) is 3.71. The summed E-state index contributed by atoms with van der Waals surface area (Å²) in [7, 11) is 4.71. The number of rotatable bonds is 17. The lowest BCUT2D eigenvalue weighted by Gasteiger charge is -2.23. The molecule has 0 fully saturated rings. The molecule has 0 aliphatic rings. The first kappa shape index (κ1) is 34.8. The molecule has 2 aromatic carbocycles. The highest BCUT2D eigenvalue weighted by Crippen LogP contribution is 2.36. The zero-order valence-corrected chi connectivity index (χ0v) is 24.8. The van der Waals surface area contributed by atoms with Crippen molar-refractivity contribution in [3.63, 3.8) is 0 Å². The van der Waals surface area contributed by atoms with Gasteiger partial charge in [-0.3, -0.25) is 20.2 Å². The van der Waals surface area contributed by atoms with E-state index in [4.69, 9.17) is 23.7 Å². The van der Waals surface area contributed by atoms with Crippen molar-refractivity contribution in [1.29, 1.82) is 0 Å². The minimum Gasteiger partial charge on any atom is -0.493 e. The van der Waals surface area contributed by atoms with Gasteiger partial charge < -0.3 is 38.1 Å². The normalized spacial score (nSPS) is 10.3. The molecule has 2 rings (SSSR count). The number of carbonyl (C=O) groups excluding carboxylic acids is 3. The second kappa shape index (κ2) is 16.9. The van der Waals surface area contributed by atoms with Crippen LogP contribution in [0.4, 0.5) is 16.2 Å². The number of nitro groups is 2. The summed E-state index contributed by atoms with van der Waals surface area (Å²) in [5.74, 6) is -1.98. The first-order valence-corrected chi connectivity index (χ1v) is 13.1. The topological polar surface area (TPSA) is 205 Å². The van der Waals surface area contributed by atoms with Gasteiger partial charge in [-0.15, -0.1) is 0 Å². The van der Waals surface area contributed by atoms with Gasteiger partial charge in [0, 0.05) is 12.1 Å². The Morgan fingerprint density at radius 3 is 1.48 bits per heavy atom. The Bertz CT molecular complexity index is 1270. The van der Waals surface area contributed by atoms with E-state index in [1.807, 2.05) is 6.92 Å². The van der Waals surface area contributed by atoms with Crippen molar-refractivity contribution < 1.29 is 57.4 Å². The smallest absolute Gasteiger partial charge is 0.409 e. The fraction of sp³-hybridized carbons (Fsp3) is 0.444. The molecular weight excluding hydrogens is 590 g/mol. The van der Waals surface area contributed by atoms with E-state index in [2.05, 4.69) is 9.47 Å². The maximum Gasteiger partial charge on any atom is 0.409 e. The number of benzene rings is 2. The van der Waals surface area contributed by atoms with Gasteiger partial charge in [0.1, 0.15) is 24.3 Å². The number of carbonyl (C=O) groups is 3. The molecule has 0 atom stereocenters. The van der Waals surface area contributed by atoms with Gasteiger partial charge in [-0.2, -0.15) is 0 Å². The predicted molar refractivity (Wildman–Crippen MR) is 151 cm³/mol. The maximum atomic E-state index is 12.8. The monoisotopic (exact) mass is 623 g/mol. The molecule has 2 aromatic rings. The molecule has 0 spiro atoms. The second-order valence-corrected chi connectivity index (χ2v) is 8.69. The lowest BCUT2D eigenvalue weighted by atomic mass is 10.1. The van der Waals surface area contributed by atoms with Gasteiger partial charge in [0.25, 0.3) is 11.4 Å². The third-order valence-electron chi connectivity index (χ3n) is 5.99. The molecular formula is C27H33N3O14. The van der Waals surface area contributed by atoms with Crippen LogP contribution in [-0.4, -0.2) is 94.1 Å². The van der Waals surface area contributed by atoms with Gasteiger partial charge in [0.2, 0.25) is 0 Å². The number of methoxy groups -OCH3 is 4. The highest BCUT2D eigenvalue weighted by atomic mass is 16.6. The quantitative estimate of drug-likeness (QED) is 0.0808. The standard InChI is InChI=1S/C27H33N3O14/c1-6-7-10-44-27(33)28(8-11-42-23-15-19(29(34)35)17(25(31)40-4)13-21(23)38-2)9-12-43-24-16-20(30(36)37)18(26(32)41-5)14-22(24)39-3/h13-16H,6-12H2,1-5H3. The third kappa shape index (κ3) is 9.07. The Hall–Kier alpha value is -5.35. The summed E-state index contributed by atoms with van der Waals surface area (Å²) >= 11 is 0. The van der Waals surface area contributed by atoms with E-state index in [1.54, 1.807) is 0 Å². The number of esters is 2. The molecule has 0 aliphatic carbocycles. The zero-order valence-electron chi connectivity index (χ0n) is 24.8. The van der Waals surface area contributed by atoms with Crippen LogP contribution in [0.3, 0.4) is 0 Å². The van der Waals surface area contributed by atoms with Crippen molar-refractivity contribution in [2.75, 3.05) is 61.3 Å².